The molecule has 2 fully saturated rings. The van der Waals surface area contributed by atoms with E-state index in [2.05, 4.69) is 102 Å². The summed E-state index contributed by atoms with van der Waals surface area (Å²) in [5.74, 6) is 1.06. The topological polar surface area (TPSA) is 34.3 Å². The van der Waals surface area contributed by atoms with Gasteiger partial charge in [0.2, 0.25) is 0 Å². The van der Waals surface area contributed by atoms with Crippen molar-refractivity contribution in [2.24, 2.45) is 0 Å². The van der Waals surface area contributed by atoms with Crippen molar-refractivity contribution in [3.05, 3.63) is 81.9 Å². The number of hydrogen-bond donors (Lipinski definition) is 0. The molecule has 0 spiro atoms. The molecule has 35 heavy (non-hydrogen) atoms. The summed E-state index contributed by atoms with van der Waals surface area (Å²) in [5.41, 5.74) is 7.60. The predicted octanol–water partition coefficient (Wildman–Crippen LogP) is 8.38. The zero-order valence-corrected chi connectivity index (χ0v) is 22.3. The van der Waals surface area contributed by atoms with Gasteiger partial charge in [0.05, 0.1) is 13.2 Å². The number of epoxide rings is 2. The second-order valence-electron chi connectivity index (χ2n) is 10.1. The molecule has 0 aliphatic carbocycles. The Labute approximate surface area is 212 Å². The molecule has 4 rings (SSSR count). The van der Waals surface area contributed by atoms with Crippen molar-refractivity contribution in [1.82, 2.24) is 0 Å². The molecule has 2 heterocycles. The molecule has 188 valence electrons. The van der Waals surface area contributed by atoms with E-state index < -0.39 is 0 Å². The van der Waals surface area contributed by atoms with Gasteiger partial charge in [-0.2, -0.15) is 0 Å². The molecule has 0 aromatic heterocycles. The molecule has 6 atom stereocenters. The second kappa shape index (κ2) is 11.7. The smallest absolute Gasteiger partial charge is 0.112 e. The summed E-state index contributed by atoms with van der Waals surface area (Å²) in [6, 6.07) is 13.7. The van der Waals surface area contributed by atoms with Gasteiger partial charge in [0.25, 0.3) is 0 Å². The molecule has 3 nitrogen and oxygen atoms in total. The van der Waals surface area contributed by atoms with E-state index in [1.54, 1.807) is 0 Å². The maximum absolute atomic E-state index is 6.98. The minimum atomic E-state index is -0.130. The Morgan fingerprint density at radius 2 is 1.17 bits per heavy atom. The number of rotatable bonds is 12. The molecule has 3 heteroatoms. The summed E-state index contributed by atoms with van der Waals surface area (Å²) in [5, 5.41) is 0. The zero-order valence-electron chi connectivity index (χ0n) is 22.3. The van der Waals surface area contributed by atoms with Gasteiger partial charge < -0.3 is 14.2 Å². The average Bonchev–Trinajstić information content (AvgIpc) is 3.79. The van der Waals surface area contributed by atoms with Gasteiger partial charge in [-0.25, -0.2) is 0 Å². The third-order valence-electron chi connectivity index (χ3n) is 7.58. The lowest BCUT2D eigenvalue weighted by Gasteiger charge is -2.27. The highest BCUT2D eigenvalue weighted by molar-refractivity contribution is 5.58. The SMILES string of the molecule is CC=Cc1cc(C(C)CC)ccc1C(OC(c1ccc(C(C)CC)cc1C=CC)C1CO1)C1CO1. The summed E-state index contributed by atoms with van der Waals surface area (Å²) in [7, 11) is 0. The quantitative estimate of drug-likeness (QED) is 0.290. The predicted molar refractivity (Wildman–Crippen MR) is 146 cm³/mol. The number of allylic oxidation sites excluding steroid dienone is 2. The van der Waals surface area contributed by atoms with Crippen LogP contribution in [0.2, 0.25) is 0 Å². The Morgan fingerprint density at radius 3 is 1.49 bits per heavy atom. The Balaban J connectivity index is 1.71. The van der Waals surface area contributed by atoms with Crippen LogP contribution in [0.5, 0.6) is 0 Å². The van der Waals surface area contributed by atoms with Crippen LogP contribution in [0.3, 0.4) is 0 Å². The van der Waals surface area contributed by atoms with Crippen LogP contribution in [0.1, 0.15) is 112 Å². The highest BCUT2D eigenvalue weighted by Crippen LogP contribution is 2.43. The van der Waals surface area contributed by atoms with Gasteiger partial charge in [0.1, 0.15) is 24.4 Å². The fourth-order valence-corrected chi connectivity index (χ4v) is 4.78. The monoisotopic (exact) mass is 474 g/mol. The van der Waals surface area contributed by atoms with Crippen LogP contribution in [0.25, 0.3) is 12.2 Å². The Bertz CT molecular complexity index is 961. The van der Waals surface area contributed by atoms with E-state index in [9.17, 15) is 0 Å². The molecular formula is C32H42O3. The van der Waals surface area contributed by atoms with Gasteiger partial charge in [-0.15, -0.1) is 0 Å². The largest absolute Gasteiger partial charge is 0.370 e. The van der Waals surface area contributed by atoms with Gasteiger partial charge in [0, 0.05) is 0 Å². The van der Waals surface area contributed by atoms with Crippen molar-refractivity contribution < 1.29 is 14.2 Å². The van der Waals surface area contributed by atoms with Crippen LogP contribution >= 0.6 is 0 Å². The van der Waals surface area contributed by atoms with E-state index in [1.165, 1.54) is 33.4 Å². The zero-order chi connectivity index (χ0) is 24.9. The number of ether oxygens (including phenoxy) is 3. The first-order chi connectivity index (χ1) is 17.0. The molecule has 0 radical (unpaired) electrons. The van der Waals surface area contributed by atoms with E-state index in [0.29, 0.717) is 11.8 Å². The van der Waals surface area contributed by atoms with Crippen LogP contribution in [0, 0.1) is 0 Å². The van der Waals surface area contributed by atoms with Crippen LogP contribution in [-0.4, -0.2) is 25.4 Å². The summed E-state index contributed by atoms with van der Waals surface area (Å²) in [4.78, 5) is 0. The molecule has 0 amide bonds. The molecule has 2 aromatic carbocycles. The van der Waals surface area contributed by atoms with Crippen LogP contribution in [0.4, 0.5) is 0 Å². The van der Waals surface area contributed by atoms with Crippen molar-refractivity contribution in [2.45, 2.75) is 90.6 Å². The standard InChI is InChI=1S/C32H42O3/c1-7-11-25-17-23(21(5)9-3)13-15-27(25)31(29-19-33-29)35-32(30-20-34-30)28-16-14-24(22(6)10-4)18-26(28)12-8-2/h7-8,11-18,21-22,29-32H,9-10,19-20H2,1-6H3. The van der Waals surface area contributed by atoms with Crippen LogP contribution in [0.15, 0.2) is 48.6 Å². The first-order valence-electron chi connectivity index (χ1n) is 13.4. The molecule has 0 saturated carbocycles. The number of benzene rings is 2. The molecule has 2 saturated heterocycles. The molecule has 2 aromatic rings. The first-order valence-corrected chi connectivity index (χ1v) is 13.4. The van der Waals surface area contributed by atoms with E-state index >= 15 is 0 Å². The van der Waals surface area contributed by atoms with Gasteiger partial charge in [0.15, 0.2) is 0 Å². The lowest BCUT2D eigenvalue weighted by atomic mass is 9.90. The Hall–Kier alpha value is -2.20. The maximum Gasteiger partial charge on any atom is 0.112 e. The summed E-state index contributed by atoms with van der Waals surface area (Å²) >= 11 is 0. The summed E-state index contributed by atoms with van der Waals surface area (Å²) in [6.07, 6.45) is 10.8. The van der Waals surface area contributed by atoms with Gasteiger partial charge in [-0.1, -0.05) is 88.4 Å². The molecule has 2 aliphatic heterocycles. The first kappa shape index (κ1) is 25.9. The van der Waals surface area contributed by atoms with Crippen LogP contribution in [-0.2, 0) is 14.2 Å². The fourth-order valence-electron chi connectivity index (χ4n) is 4.78. The minimum Gasteiger partial charge on any atom is -0.370 e. The Kier molecular flexibility index (Phi) is 8.64. The van der Waals surface area contributed by atoms with E-state index in [0.717, 1.165) is 26.1 Å². The van der Waals surface area contributed by atoms with Gasteiger partial charge in [-0.3, -0.25) is 0 Å². The van der Waals surface area contributed by atoms with Gasteiger partial charge in [-0.05, 0) is 71.9 Å². The second-order valence-corrected chi connectivity index (χ2v) is 10.1. The van der Waals surface area contributed by atoms with Gasteiger partial charge >= 0.3 is 0 Å². The summed E-state index contributed by atoms with van der Waals surface area (Å²) in [6.45, 7) is 14.7. The fraction of sp³-hybridized carbons (Fsp3) is 0.500. The lowest BCUT2D eigenvalue weighted by Crippen LogP contribution is -2.21. The lowest BCUT2D eigenvalue weighted by molar-refractivity contribution is -0.0420. The molecule has 2 aliphatic rings. The number of hydrogen-bond acceptors (Lipinski definition) is 3. The van der Waals surface area contributed by atoms with Crippen molar-refractivity contribution in [3.63, 3.8) is 0 Å². The molecule has 0 N–H and O–H groups in total. The van der Waals surface area contributed by atoms with E-state index in [4.69, 9.17) is 14.2 Å². The Morgan fingerprint density at radius 1 is 0.771 bits per heavy atom. The van der Waals surface area contributed by atoms with E-state index in [1.807, 2.05) is 0 Å². The van der Waals surface area contributed by atoms with Crippen molar-refractivity contribution in [3.8, 4) is 0 Å². The van der Waals surface area contributed by atoms with Crippen molar-refractivity contribution >= 4 is 12.2 Å². The third kappa shape index (κ3) is 6.14. The van der Waals surface area contributed by atoms with Crippen LogP contribution < -0.4 is 0 Å². The van der Waals surface area contributed by atoms with E-state index in [-0.39, 0.29) is 24.4 Å². The molecule has 6 unspecified atom stereocenters. The molecular weight excluding hydrogens is 432 g/mol. The average molecular weight is 475 g/mol. The highest BCUT2D eigenvalue weighted by Gasteiger charge is 2.43. The van der Waals surface area contributed by atoms with Crippen molar-refractivity contribution in [1.29, 1.82) is 0 Å². The highest BCUT2D eigenvalue weighted by atomic mass is 16.6. The van der Waals surface area contributed by atoms with Crippen molar-refractivity contribution in [2.75, 3.05) is 13.2 Å². The summed E-state index contributed by atoms with van der Waals surface area (Å²) < 4.78 is 18.6. The maximum atomic E-state index is 6.98. The normalized spacial score (nSPS) is 22.9. The molecule has 0 bridgehead atoms. The third-order valence-corrected chi connectivity index (χ3v) is 7.58. The minimum absolute atomic E-state index is 0.0826.